The predicted molar refractivity (Wildman–Crippen MR) is 70.5 cm³/mol. The molecule has 0 amide bonds. The highest BCUT2D eigenvalue weighted by Gasteiger charge is 2.42. The van der Waals surface area contributed by atoms with Crippen LogP contribution in [-0.4, -0.2) is 22.2 Å². The second-order valence-electron chi connectivity index (χ2n) is 5.38. The van der Waals surface area contributed by atoms with Crippen LogP contribution in [0, 0.1) is 12.7 Å². The van der Waals surface area contributed by atoms with Crippen molar-refractivity contribution in [1.82, 2.24) is 0 Å². The van der Waals surface area contributed by atoms with Crippen molar-refractivity contribution in [3.63, 3.8) is 0 Å². The molecule has 1 fully saturated rings. The summed E-state index contributed by atoms with van der Waals surface area (Å²) in [6.07, 6.45) is 3.30. The number of carboxylic acids is 2. The fourth-order valence-electron chi connectivity index (χ4n) is 2.96. The molecule has 1 aromatic carbocycles. The van der Waals surface area contributed by atoms with Gasteiger partial charge >= 0.3 is 11.9 Å². The van der Waals surface area contributed by atoms with E-state index >= 15 is 0 Å². The first-order valence-corrected chi connectivity index (χ1v) is 6.66. The lowest BCUT2D eigenvalue weighted by molar-refractivity contribution is -0.145. The Hall–Kier alpha value is -1.91. The van der Waals surface area contributed by atoms with Gasteiger partial charge in [-0.05, 0) is 43.0 Å². The quantitative estimate of drug-likeness (QED) is 0.892. The third kappa shape index (κ3) is 2.28. The molecule has 4 nitrogen and oxygen atoms in total. The Morgan fingerprint density at radius 3 is 2.25 bits per heavy atom. The lowest BCUT2D eigenvalue weighted by Gasteiger charge is -2.34. The van der Waals surface area contributed by atoms with Crippen LogP contribution in [-0.2, 0) is 10.2 Å². The van der Waals surface area contributed by atoms with E-state index in [-0.39, 0.29) is 16.7 Å². The molecule has 0 unspecified atom stereocenters. The molecule has 2 N–H and O–H groups in total. The minimum atomic E-state index is -1.24. The maximum atomic E-state index is 13.9. The Kier molecular flexibility index (Phi) is 3.79. The second-order valence-corrected chi connectivity index (χ2v) is 5.38. The van der Waals surface area contributed by atoms with Crippen LogP contribution in [0.4, 0.5) is 4.39 Å². The van der Waals surface area contributed by atoms with Crippen LogP contribution in [0.2, 0.25) is 0 Å². The molecule has 0 atom stereocenters. The Balaban J connectivity index is 2.60. The number of aliphatic carboxylic acids is 1. The number of carbonyl (C=O) groups is 2. The first-order chi connectivity index (χ1) is 9.38. The number of aromatic carboxylic acids is 1. The van der Waals surface area contributed by atoms with Crippen molar-refractivity contribution in [1.29, 1.82) is 0 Å². The average Bonchev–Trinajstić information content (AvgIpc) is 2.41. The summed E-state index contributed by atoms with van der Waals surface area (Å²) in [5.74, 6) is -2.90. The minimum Gasteiger partial charge on any atom is -0.481 e. The number of hydrogen-bond donors (Lipinski definition) is 2. The van der Waals surface area contributed by atoms with Gasteiger partial charge in [0, 0.05) is 0 Å². The van der Waals surface area contributed by atoms with Gasteiger partial charge in [0.05, 0.1) is 11.0 Å². The molecule has 20 heavy (non-hydrogen) atoms. The minimum absolute atomic E-state index is 0.0394. The zero-order valence-electron chi connectivity index (χ0n) is 11.3. The third-order valence-electron chi connectivity index (χ3n) is 4.24. The average molecular weight is 280 g/mol. The highest BCUT2D eigenvalue weighted by Crippen LogP contribution is 2.40. The number of benzene rings is 1. The van der Waals surface area contributed by atoms with E-state index in [1.54, 1.807) is 0 Å². The van der Waals surface area contributed by atoms with Gasteiger partial charge in [-0.3, -0.25) is 4.79 Å². The van der Waals surface area contributed by atoms with Crippen molar-refractivity contribution in [3.05, 3.63) is 34.6 Å². The van der Waals surface area contributed by atoms with Crippen LogP contribution in [0.3, 0.4) is 0 Å². The van der Waals surface area contributed by atoms with Crippen LogP contribution in [0.1, 0.15) is 53.6 Å². The highest BCUT2D eigenvalue weighted by molar-refractivity contribution is 5.90. The molecule has 1 aliphatic rings. The molecule has 0 aromatic heterocycles. The van der Waals surface area contributed by atoms with Crippen LogP contribution < -0.4 is 0 Å². The van der Waals surface area contributed by atoms with Crippen molar-refractivity contribution in [2.24, 2.45) is 0 Å². The van der Waals surface area contributed by atoms with Gasteiger partial charge in [-0.2, -0.15) is 0 Å². The maximum absolute atomic E-state index is 13.9. The molecular weight excluding hydrogens is 263 g/mol. The Labute approximate surface area is 116 Å². The lowest BCUT2D eigenvalue weighted by Crippen LogP contribution is -2.38. The fourth-order valence-corrected chi connectivity index (χ4v) is 2.96. The van der Waals surface area contributed by atoms with Crippen molar-refractivity contribution >= 4 is 11.9 Å². The van der Waals surface area contributed by atoms with Crippen molar-refractivity contribution in [2.45, 2.75) is 44.4 Å². The molecule has 1 saturated carbocycles. The molecule has 1 aliphatic carbocycles. The molecule has 1 aromatic rings. The van der Waals surface area contributed by atoms with E-state index in [0.717, 1.165) is 19.3 Å². The van der Waals surface area contributed by atoms with E-state index in [1.165, 1.54) is 19.1 Å². The van der Waals surface area contributed by atoms with Crippen LogP contribution in [0.15, 0.2) is 12.1 Å². The summed E-state index contributed by atoms with van der Waals surface area (Å²) in [6, 6.07) is 2.50. The number of hydrogen-bond acceptors (Lipinski definition) is 2. The number of carboxylic acid groups (broad SMARTS) is 2. The summed E-state index contributed by atoms with van der Waals surface area (Å²) < 4.78 is 13.9. The monoisotopic (exact) mass is 280 g/mol. The Bertz CT molecular complexity index is 559. The van der Waals surface area contributed by atoms with Gasteiger partial charge in [-0.25, -0.2) is 9.18 Å². The van der Waals surface area contributed by atoms with Gasteiger partial charge < -0.3 is 10.2 Å². The van der Waals surface area contributed by atoms with Crippen molar-refractivity contribution in [3.8, 4) is 0 Å². The van der Waals surface area contributed by atoms with Crippen molar-refractivity contribution < 1.29 is 24.2 Å². The van der Waals surface area contributed by atoms with E-state index < -0.39 is 23.2 Å². The van der Waals surface area contributed by atoms with E-state index in [2.05, 4.69) is 0 Å². The van der Waals surface area contributed by atoms with Gasteiger partial charge in [-0.1, -0.05) is 19.3 Å². The van der Waals surface area contributed by atoms with Gasteiger partial charge in [0.25, 0.3) is 0 Å². The predicted octanol–water partition coefficient (Wildman–Crippen LogP) is 3.12. The molecule has 108 valence electrons. The summed E-state index contributed by atoms with van der Waals surface area (Å²) >= 11 is 0. The molecule has 0 aliphatic heterocycles. The Morgan fingerprint density at radius 1 is 1.15 bits per heavy atom. The molecular formula is C15H17FO4. The largest absolute Gasteiger partial charge is 0.481 e. The molecule has 0 radical (unpaired) electrons. The Morgan fingerprint density at radius 2 is 1.75 bits per heavy atom. The summed E-state index contributed by atoms with van der Waals surface area (Å²) in [4.78, 5) is 22.9. The van der Waals surface area contributed by atoms with Crippen molar-refractivity contribution in [2.75, 3.05) is 0 Å². The standard InChI is InChI=1S/C15H17FO4/c1-9-11(13(17)18)7-10(8-12(9)16)15(14(19)20)5-3-2-4-6-15/h7-8H,2-6H2,1H3,(H,17,18)(H,19,20). The highest BCUT2D eigenvalue weighted by atomic mass is 19.1. The first kappa shape index (κ1) is 14.5. The summed E-state index contributed by atoms with van der Waals surface area (Å²) in [7, 11) is 0. The molecule has 0 heterocycles. The van der Waals surface area contributed by atoms with Gasteiger partial charge in [-0.15, -0.1) is 0 Å². The van der Waals surface area contributed by atoms with E-state index in [0.29, 0.717) is 12.8 Å². The third-order valence-corrected chi connectivity index (χ3v) is 4.24. The molecule has 2 rings (SSSR count). The lowest BCUT2D eigenvalue weighted by atomic mass is 9.69. The maximum Gasteiger partial charge on any atom is 0.336 e. The molecule has 0 spiro atoms. The summed E-state index contributed by atoms with van der Waals surface area (Å²) in [6.45, 7) is 1.39. The second kappa shape index (κ2) is 5.23. The number of rotatable bonds is 3. The normalized spacial score (nSPS) is 17.7. The van der Waals surface area contributed by atoms with E-state index in [4.69, 9.17) is 5.11 Å². The topological polar surface area (TPSA) is 74.6 Å². The first-order valence-electron chi connectivity index (χ1n) is 6.66. The van der Waals surface area contributed by atoms with Crippen LogP contribution >= 0.6 is 0 Å². The smallest absolute Gasteiger partial charge is 0.336 e. The van der Waals surface area contributed by atoms with Gasteiger partial charge in [0.2, 0.25) is 0 Å². The molecule has 0 saturated heterocycles. The van der Waals surface area contributed by atoms with Gasteiger partial charge in [0.15, 0.2) is 0 Å². The van der Waals surface area contributed by atoms with Crippen LogP contribution in [0.5, 0.6) is 0 Å². The molecule has 5 heteroatoms. The fraction of sp³-hybridized carbons (Fsp3) is 0.467. The SMILES string of the molecule is Cc1c(F)cc(C2(C(=O)O)CCCCC2)cc1C(=O)O. The van der Waals surface area contributed by atoms with Gasteiger partial charge in [0.1, 0.15) is 5.82 Å². The summed E-state index contributed by atoms with van der Waals surface area (Å²) in [5.41, 5.74) is -1.01. The summed E-state index contributed by atoms with van der Waals surface area (Å²) in [5, 5.41) is 18.7. The number of halogens is 1. The van der Waals surface area contributed by atoms with E-state index in [1.807, 2.05) is 0 Å². The van der Waals surface area contributed by atoms with E-state index in [9.17, 15) is 19.1 Å². The van der Waals surface area contributed by atoms with Crippen LogP contribution in [0.25, 0.3) is 0 Å². The molecule has 0 bridgehead atoms. The zero-order valence-corrected chi connectivity index (χ0v) is 11.3. The zero-order chi connectivity index (χ0) is 14.9.